The van der Waals surface area contributed by atoms with Crippen LogP contribution in [0.25, 0.3) is 11.0 Å². The fraction of sp³-hybridized carbons (Fsp3) is 0.529. The summed E-state index contributed by atoms with van der Waals surface area (Å²) in [5.41, 5.74) is 1.19. The first-order chi connectivity index (χ1) is 11.1. The highest BCUT2D eigenvalue weighted by Crippen LogP contribution is 2.34. The van der Waals surface area contributed by atoms with Gasteiger partial charge in [-0.2, -0.15) is 0 Å². The second-order valence-electron chi connectivity index (χ2n) is 6.43. The number of aliphatic hydroxyl groups is 1. The van der Waals surface area contributed by atoms with Gasteiger partial charge in [-0.15, -0.1) is 0 Å². The number of carbonyl (C=O) groups excluding carboxylic acids is 1. The maximum absolute atomic E-state index is 12.5. The Morgan fingerprint density at radius 3 is 2.65 bits per heavy atom. The predicted octanol–water partition coefficient (Wildman–Crippen LogP) is 1.34. The van der Waals surface area contributed by atoms with E-state index in [9.17, 15) is 14.7 Å². The first-order valence-corrected chi connectivity index (χ1v) is 8.15. The molecule has 0 bridgehead atoms. The number of rotatable bonds is 4. The van der Waals surface area contributed by atoms with Crippen LogP contribution in [0, 0.1) is 5.41 Å². The smallest absolute Gasteiger partial charge is 0.326 e. The Kier molecular flexibility index (Phi) is 4.26. The van der Waals surface area contributed by atoms with E-state index in [0.29, 0.717) is 13.1 Å². The SMILES string of the molecule is CCC1(CO)CCN(C(=O)Cn2c(=O)[nH]c3ccccc32)CC1. The largest absolute Gasteiger partial charge is 0.396 e. The lowest BCUT2D eigenvalue weighted by Crippen LogP contribution is -2.46. The van der Waals surface area contributed by atoms with Crippen LogP contribution in [-0.2, 0) is 11.3 Å². The van der Waals surface area contributed by atoms with Crippen LogP contribution in [-0.4, -0.2) is 45.2 Å². The zero-order valence-corrected chi connectivity index (χ0v) is 13.4. The number of benzene rings is 1. The summed E-state index contributed by atoms with van der Waals surface area (Å²) in [7, 11) is 0. The van der Waals surface area contributed by atoms with Crippen molar-refractivity contribution in [1.29, 1.82) is 0 Å². The summed E-state index contributed by atoms with van der Waals surface area (Å²) < 4.78 is 1.49. The van der Waals surface area contributed by atoms with Gasteiger partial charge in [-0.25, -0.2) is 4.79 Å². The number of likely N-dealkylation sites (tertiary alicyclic amines) is 1. The molecule has 6 nitrogen and oxygen atoms in total. The van der Waals surface area contributed by atoms with Crippen LogP contribution in [0.5, 0.6) is 0 Å². The molecular formula is C17H23N3O3. The minimum atomic E-state index is -0.255. The molecular weight excluding hydrogens is 294 g/mol. The lowest BCUT2D eigenvalue weighted by Gasteiger charge is -2.40. The van der Waals surface area contributed by atoms with Crippen molar-refractivity contribution in [3.8, 4) is 0 Å². The van der Waals surface area contributed by atoms with Gasteiger partial charge in [-0.05, 0) is 36.8 Å². The van der Waals surface area contributed by atoms with Gasteiger partial charge in [0, 0.05) is 19.7 Å². The van der Waals surface area contributed by atoms with E-state index in [1.807, 2.05) is 24.3 Å². The number of hydrogen-bond acceptors (Lipinski definition) is 3. The van der Waals surface area contributed by atoms with Crippen molar-refractivity contribution >= 4 is 16.9 Å². The highest BCUT2D eigenvalue weighted by Gasteiger charge is 2.33. The number of nitrogens with one attached hydrogen (secondary N) is 1. The summed E-state index contributed by atoms with van der Waals surface area (Å²) in [6, 6.07) is 7.38. The number of aromatic amines is 1. The van der Waals surface area contributed by atoms with Crippen molar-refractivity contribution in [3.63, 3.8) is 0 Å². The van der Waals surface area contributed by atoms with Gasteiger partial charge in [0.15, 0.2) is 0 Å². The molecule has 0 radical (unpaired) electrons. The fourth-order valence-electron chi connectivity index (χ4n) is 3.35. The molecule has 2 heterocycles. The van der Waals surface area contributed by atoms with E-state index in [-0.39, 0.29) is 30.2 Å². The summed E-state index contributed by atoms with van der Waals surface area (Å²) in [5, 5.41) is 9.58. The number of aromatic nitrogens is 2. The second-order valence-corrected chi connectivity index (χ2v) is 6.43. The summed E-state index contributed by atoms with van der Waals surface area (Å²) in [6.45, 7) is 3.60. The zero-order chi connectivity index (χ0) is 16.4. The quantitative estimate of drug-likeness (QED) is 0.893. The highest BCUT2D eigenvalue weighted by atomic mass is 16.3. The summed E-state index contributed by atoms with van der Waals surface area (Å²) in [4.78, 5) is 29.2. The average Bonchev–Trinajstić information content (AvgIpc) is 2.90. The number of carbonyl (C=O) groups is 1. The number of imidazole rings is 1. The molecule has 0 aliphatic carbocycles. The topological polar surface area (TPSA) is 78.3 Å². The molecule has 0 spiro atoms. The van der Waals surface area contributed by atoms with Crippen molar-refractivity contribution in [2.45, 2.75) is 32.7 Å². The van der Waals surface area contributed by atoms with Gasteiger partial charge in [0.2, 0.25) is 5.91 Å². The average molecular weight is 317 g/mol. The van der Waals surface area contributed by atoms with E-state index < -0.39 is 0 Å². The van der Waals surface area contributed by atoms with Crippen LogP contribution in [0.2, 0.25) is 0 Å². The van der Waals surface area contributed by atoms with Crippen molar-refractivity contribution in [1.82, 2.24) is 14.5 Å². The number of nitrogens with zero attached hydrogens (tertiary/aromatic N) is 2. The first kappa shape index (κ1) is 15.8. The second kappa shape index (κ2) is 6.20. The monoisotopic (exact) mass is 317 g/mol. The molecule has 1 aromatic carbocycles. The lowest BCUT2D eigenvalue weighted by molar-refractivity contribution is -0.134. The van der Waals surface area contributed by atoms with Gasteiger partial charge in [0.1, 0.15) is 6.54 Å². The minimum Gasteiger partial charge on any atom is -0.396 e. The van der Waals surface area contributed by atoms with Crippen LogP contribution < -0.4 is 5.69 Å². The Bertz CT molecular complexity index is 748. The van der Waals surface area contributed by atoms with Gasteiger partial charge in [-0.1, -0.05) is 19.1 Å². The van der Waals surface area contributed by atoms with Crippen LogP contribution in [0.15, 0.2) is 29.1 Å². The number of piperidine rings is 1. The van der Waals surface area contributed by atoms with E-state index in [1.54, 1.807) is 4.90 Å². The molecule has 1 fully saturated rings. The predicted molar refractivity (Wildman–Crippen MR) is 88.2 cm³/mol. The maximum atomic E-state index is 12.5. The van der Waals surface area contributed by atoms with E-state index >= 15 is 0 Å². The van der Waals surface area contributed by atoms with Crippen LogP contribution in [0.1, 0.15) is 26.2 Å². The molecule has 1 aromatic heterocycles. The molecule has 6 heteroatoms. The molecule has 2 N–H and O–H groups in total. The molecule has 1 aliphatic rings. The lowest BCUT2D eigenvalue weighted by atomic mass is 9.77. The van der Waals surface area contributed by atoms with Crippen LogP contribution >= 0.6 is 0 Å². The van der Waals surface area contributed by atoms with Crippen LogP contribution in [0.4, 0.5) is 0 Å². The minimum absolute atomic E-state index is 0.0421. The molecule has 23 heavy (non-hydrogen) atoms. The van der Waals surface area contributed by atoms with E-state index in [1.165, 1.54) is 4.57 Å². The van der Waals surface area contributed by atoms with E-state index in [0.717, 1.165) is 30.3 Å². The Balaban J connectivity index is 1.73. The Morgan fingerprint density at radius 2 is 2.00 bits per heavy atom. The van der Waals surface area contributed by atoms with Crippen molar-refractivity contribution < 1.29 is 9.90 Å². The number of aliphatic hydroxyl groups excluding tert-OH is 1. The molecule has 1 amide bonds. The molecule has 124 valence electrons. The molecule has 0 atom stereocenters. The summed E-state index contributed by atoms with van der Waals surface area (Å²) >= 11 is 0. The number of para-hydroxylation sites is 2. The maximum Gasteiger partial charge on any atom is 0.326 e. The standard InChI is InChI=1S/C17H23N3O3/c1-2-17(12-21)7-9-19(10-8-17)15(22)11-20-14-6-4-3-5-13(14)18-16(20)23/h3-6,21H,2,7-12H2,1H3,(H,18,23). The normalized spacial score (nSPS) is 17.6. The van der Waals surface area contributed by atoms with Crippen molar-refractivity contribution in [3.05, 3.63) is 34.7 Å². The Hall–Kier alpha value is -2.08. The number of fused-ring (bicyclic) bond motifs is 1. The highest BCUT2D eigenvalue weighted by molar-refractivity contribution is 5.80. The van der Waals surface area contributed by atoms with E-state index in [2.05, 4.69) is 11.9 Å². The van der Waals surface area contributed by atoms with Crippen molar-refractivity contribution in [2.24, 2.45) is 5.41 Å². The van der Waals surface area contributed by atoms with E-state index in [4.69, 9.17) is 0 Å². The molecule has 0 unspecified atom stereocenters. The number of H-pyrrole nitrogens is 1. The number of amides is 1. The fourth-order valence-corrected chi connectivity index (χ4v) is 3.35. The molecule has 3 rings (SSSR count). The third-order valence-electron chi connectivity index (χ3n) is 5.24. The Labute approximate surface area is 134 Å². The van der Waals surface area contributed by atoms with Gasteiger partial charge in [-0.3, -0.25) is 9.36 Å². The first-order valence-electron chi connectivity index (χ1n) is 8.15. The zero-order valence-electron chi connectivity index (χ0n) is 13.4. The summed E-state index contributed by atoms with van der Waals surface area (Å²) in [6.07, 6.45) is 2.55. The third-order valence-corrected chi connectivity index (χ3v) is 5.24. The van der Waals surface area contributed by atoms with Gasteiger partial charge in [0.05, 0.1) is 11.0 Å². The molecule has 2 aromatic rings. The van der Waals surface area contributed by atoms with Crippen LogP contribution in [0.3, 0.4) is 0 Å². The molecule has 0 saturated carbocycles. The van der Waals surface area contributed by atoms with Crippen molar-refractivity contribution in [2.75, 3.05) is 19.7 Å². The molecule has 1 aliphatic heterocycles. The molecule has 1 saturated heterocycles. The van der Waals surface area contributed by atoms with Gasteiger partial charge in [0.25, 0.3) is 0 Å². The Morgan fingerprint density at radius 1 is 1.30 bits per heavy atom. The summed E-state index contributed by atoms with van der Waals surface area (Å²) in [5.74, 6) is -0.0421. The van der Waals surface area contributed by atoms with Gasteiger partial charge >= 0.3 is 5.69 Å². The number of hydrogen-bond donors (Lipinski definition) is 2. The third kappa shape index (κ3) is 2.91. The van der Waals surface area contributed by atoms with Gasteiger partial charge < -0.3 is 15.0 Å².